The minimum absolute atomic E-state index is 0.0420. The first kappa shape index (κ1) is 33.9. The summed E-state index contributed by atoms with van der Waals surface area (Å²) >= 11 is 0. The zero-order chi connectivity index (χ0) is 33.9. The topological polar surface area (TPSA) is 147 Å². The summed E-state index contributed by atoms with van der Waals surface area (Å²) in [6.45, 7) is 15.9. The Labute approximate surface area is 268 Å². The smallest absolute Gasteiger partial charge is 0.340 e. The van der Waals surface area contributed by atoms with Crippen LogP contribution >= 0.6 is 0 Å². The van der Waals surface area contributed by atoms with E-state index in [2.05, 4.69) is 55.0 Å². The first-order chi connectivity index (χ1) is 21.9. The van der Waals surface area contributed by atoms with Gasteiger partial charge in [0.1, 0.15) is 0 Å². The highest BCUT2D eigenvalue weighted by molar-refractivity contribution is 6.25. The molecule has 8 bridgehead atoms. The number of carbonyl (C=O) groups is 3. The van der Waals surface area contributed by atoms with Crippen LogP contribution in [0.1, 0.15) is 90.6 Å². The fourth-order valence-corrected chi connectivity index (χ4v) is 5.97. The Kier molecular flexibility index (Phi) is 10.3. The number of esters is 2. The molecule has 0 aliphatic carbocycles. The van der Waals surface area contributed by atoms with E-state index >= 15 is 0 Å². The standard InChI is InChI=1S/C32H34N4O4.C4H8O2/c1-8-19-16(4)23-12-22-15(3)10-26(33-22)21(11-29(37)38)31-30(32(39)40-7)18(6)25(36-31)14-28-20(9-2)17(5)24(35-28)13-27(19)34-23;1-3-4(5)6-2/h8,12-15,34-35H,1,9-11H2,2-7H3,(H,37,38);3H2,1-2H3. The number of aromatic amines is 2. The second-order valence-electron chi connectivity index (χ2n) is 11.4. The van der Waals surface area contributed by atoms with Gasteiger partial charge in [-0.3, -0.25) is 14.6 Å². The highest BCUT2D eigenvalue weighted by atomic mass is 16.5. The predicted octanol–water partition coefficient (Wildman–Crippen LogP) is 6.78. The van der Waals surface area contributed by atoms with E-state index in [0.717, 1.165) is 56.4 Å². The van der Waals surface area contributed by atoms with Crippen LogP contribution in [0.5, 0.6) is 0 Å². The number of aromatic nitrogens is 4. The van der Waals surface area contributed by atoms with Crippen LogP contribution in [0.25, 0.3) is 39.3 Å². The molecule has 5 heterocycles. The van der Waals surface area contributed by atoms with Crippen molar-refractivity contribution >= 4 is 57.2 Å². The maximum absolute atomic E-state index is 13.0. The fraction of sp³-hybridized carbons (Fsp3) is 0.361. The summed E-state index contributed by atoms with van der Waals surface area (Å²) < 4.78 is 9.39. The van der Waals surface area contributed by atoms with E-state index in [4.69, 9.17) is 14.7 Å². The lowest BCUT2D eigenvalue weighted by Crippen LogP contribution is -2.11. The van der Waals surface area contributed by atoms with E-state index in [-0.39, 0.29) is 23.9 Å². The van der Waals surface area contributed by atoms with Crippen molar-refractivity contribution in [3.8, 4) is 0 Å². The van der Waals surface area contributed by atoms with Gasteiger partial charge in [0.15, 0.2) is 0 Å². The molecule has 2 aliphatic rings. The van der Waals surface area contributed by atoms with Crippen molar-refractivity contribution in [2.45, 2.75) is 73.1 Å². The third-order valence-corrected chi connectivity index (χ3v) is 8.60. The largest absolute Gasteiger partial charge is 0.481 e. The number of nitrogens with zero attached hydrogens (tertiary/aromatic N) is 2. The van der Waals surface area contributed by atoms with Gasteiger partial charge in [-0.2, -0.15) is 0 Å². The number of carboxylic acids is 1. The van der Waals surface area contributed by atoms with Crippen molar-refractivity contribution in [3.63, 3.8) is 0 Å². The number of rotatable bonds is 6. The van der Waals surface area contributed by atoms with Crippen LogP contribution in [0.15, 0.2) is 24.8 Å². The van der Waals surface area contributed by atoms with Crippen molar-refractivity contribution in [1.29, 1.82) is 0 Å². The van der Waals surface area contributed by atoms with Gasteiger partial charge in [0, 0.05) is 56.9 Å². The normalized spacial score (nSPS) is 14.0. The number of nitrogens with one attached hydrogen (secondary N) is 2. The third kappa shape index (κ3) is 6.51. The lowest BCUT2D eigenvalue weighted by Gasteiger charge is -2.08. The zero-order valence-electron chi connectivity index (χ0n) is 27.8. The van der Waals surface area contributed by atoms with Gasteiger partial charge in [-0.15, -0.1) is 0 Å². The van der Waals surface area contributed by atoms with E-state index in [1.165, 1.54) is 14.2 Å². The number of carboxylic acid groups (broad SMARTS) is 1. The number of aliphatic carboxylic acids is 1. The molecule has 0 amide bonds. The van der Waals surface area contributed by atoms with Crippen LogP contribution in [0, 0.1) is 13.8 Å². The molecule has 1 atom stereocenters. The monoisotopic (exact) mass is 626 g/mol. The minimum atomic E-state index is -1.02. The summed E-state index contributed by atoms with van der Waals surface area (Å²) in [7, 11) is 2.70. The number of carbonyl (C=O) groups excluding carboxylic acids is 2. The molecule has 1 unspecified atom stereocenters. The Hall–Kier alpha value is -4.99. The lowest BCUT2D eigenvalue weighted by atomic mass is 9.97. The van der Waals surface area contributed by atoms with E-state index in [1.54, 1.807) is 6.92 Å². The van der Waals surface area contributed by atoms with Crippen molar-refractivity contribution in [3.05, 3.63) is 75.4 Å². The lowest BCUT2D eigenvalue weighted by molar-refractivity contribution is -0.140. The Morgan fingerprint density at radius 3 is 2.20 bits per heavy atom. The Morgan fingerprint density at radius 1 is 0.957 bits per heavy atom. The SMILES string of the molecule is C=Cc1c(C)c2cc3nc(c(CC(=O)O)c4nc(cc5[nH]c(cc1[nH]2)c(C)c5CC)C(C)=C4C(=O)OC)CC3C.CCC(=O)OC. The number of methoxy groups -OCH3 is 2. The predicted molar refractivity (Wildman–Crippen MR) is 180 cm³/mol. The summed E-state index contributed by atoms with van der Waals surface area (Å²) in [6.07, 6.45) is 3.34. The first-order valence-electron chi connectivity index (χ1n) is 15.3. The van der Waals surface area contributed by atoms with Gasteiger partial charge >= 0.3 is 17.9 Å². The van der Waals surface area contributed by atoms with Crippen LogP contribution in [-0.4, -0.2) is 57.2 Å². The molecule has 3 aromatic rings. The van der Waals surface area contributed by atoms with Crippen molar-refractivity contribution in [1.82, 2.24) is 19.9 Å². The summed E-state index contributed by atoms with van der Waals surface area (Å²) in [5.41, 5.74) is 11.7. The maximum Gasteiger partial charge on any atom is 0.340 e. The van der Waals surface area contributed by atoms with Crippen molar-refractivity contribution in [2.75, 3.05) is 14.2 Å². The highest BCUT2D eigenvalue weighted by Gasteiger charge is 2.30. The summed E-state index contributed by atoms with van der Waals surface area (Å²) in [5, 5.41) is 9.88. The molecule has 10 heteroatoms. The summed E-state index contributed by atoms with van der Waals surface area (Å²) in [4.78, 5) is 52.0. The molecule has 46 heavy (non-hydrogen) atoms. The average Bonchev–Trinajstić information content (AvgIpc) is 3.73. The summed E-state index contributed by atoms with van der Waals surface area (Å²) in [6, 6.07) is 6.06. The van der Waals surface area contributed by atoms with Crippen LogP contribution in [0.2, 0.25) is 0 Å². The molecule has 5 rings (SSSR count). The average molecular weight is 627 g/mol. The van der Waals surface area contributed by atoms with E-state index in [0.29, 0.717) is 41.1 Å². The molecular weight excluding hydrogens is 584 g/mol. The Morgan fingerprint density at radius 2 is 1.63 bits per heavy atom. The van der Waals surface area contributed by atoms with Gasteiger partial charge in [0.2, 0.25) is 0 Å². The molecule has 3 N–H and O–H groups in total. The molecule has 3 aromatic heterocycles. The van der Waals surface area contributed by atoms with Crippen LogP contribution in [0.4, 0.5) is 0 Å². The molecule has 0 aromatic carbocycles. The number of fused-ring (bicyclic) bond motifs is 8. The van der Waals surface area contributed by atoms with E-state index in [9.17, 15) is 19.5 Å². The molecule has 0 saturated carbocycles. The zero-order valence-corrected chi connectivity index (χ0v) is 27.8. The number of aryl methyl sites for hydroxylation is 3. The molecule has 0 saturated heterocycles. The van der Waals surface area contributed by atoms with Gasteiger partial charge in [-0.25, -0.2) is 9.78 Å². The summed E-state index contributed by atoms with van der Waals surface area (Å²) in [5.74, 6) is -1.69. The molecule has 10 nitrogen and oxygen atoms in total. The minimum Gasteiger partial charge on any atom is -0.481 e. The van der Waals surface area contributed by atoms with Gasteiger partial charge in [-0.05, 0) is 74.1 Å². The number of hydrogen-bond donors (Lipinski definition) is 3. The fourth-order valence-electron chi connectivity index (χ4n) is 5.97. The van der Waals surface area contributed by atoms with E-state index < -0.39 is 11.9 Å². The van der Waals surface area contributed by atoms with Gasteiger partial charge < -0.3 is 24.5 Å². The Bertz CT molecular complexity index is 1920. The molecule has 2 aliphatic heterocycles. The van der Waals surface area contributed by atoms with E-state index in [1.807, 2.05) is 25.1 Å². The van der Waals surface area contributed by atoms with Crippen molar-refractivity contribution in [2.24, 2.45) is 0 Å². The maximum atomic E-state index is 13.0. The van der Waals surface area contributed by atoms with Crippen LogP contribution in [-0.2, 0) is 43.1 Å². The van der Waals surface area contributed by atoms with Crippen molar-refractivity contribution < 1.29 is 29.0 Å². The molecule has 242 valence electrons. The molecular formula is C36H42N4O6. The second kappa shape index (κ2) is 14.0. The first-order valence-corrected chi connectivity index (χ1v) is 15.3. The number of allylic oxidation sites excluding steroid dienone is 1. The van der Waals surface area contributed by atoms with Gasteiger partial charge in [-0.1, -0.05) is 33.4 Å². The van der Waals surface area contributed by atoms with Crippen LogP contribution < -0.4 is 0 Å². The molecule has 0 fully saturated rings. The Balaban J connectivity index is 0.000000731. The molecule has 0 spiro atoms. The third-order valence-electron chi connectivity index (χ3n) is 8.60. The van der Waals surface area contributed by atoms with Gasteiger partial charge in [0.25, 0.3) is 0 Å². The van der Waals surface area contributed by atoms with Gasteiger partial charge in [0.05, 0.1) is 37.6 Å². The second-order valence-corrected chi connectivity index (χ2v) is 11.4. The number of H-pyrrole nitrogens is 2. The molecule has 0 radical (unpaired) electrons. The highest BCUT2D eigenvalue weighted by Crippen LogP contribution is 2.36. The quantitative estimate of drug-likeness (QED) is 0.254. The number of ether oxygens (including phenoxy) is 2. The van der Waals surface area contributed by atoms with Crippen LogP contribution in [0.3, 0.4) is 0 Å². The number of hydrogen-bond acceptors (Lipinski definition) is 7.